The summed E-state index contributed by atoms with van der Waals surface area (Å²) in [6.07, 6.45) is 2.14. The second-order valence-electron chi connectivity index (χ2n) is 6.95. The Morgan fingerprint density at radius 1 is 1.31 bits per heavy atom. The predicted octanol–water partition coefficient (Wildman–Crippen LogP) is 3.89. The number of rotatable bonds is 7. The summed E-state index contributed by atoms with van der Waals surface area (Å²) in [7, 11) is 0. The molecule has 2 heterocycles. The number of carbonyl (C=O) groups excluding carboxylic acids is 2. The summed E-state index contributed by atoms with van der Waals surface area (Å²) in [5.41, 5.74) is 1.43. The number of nitro groups is 1. The van der Waals surface area contributed by atoms with E-state index in [1.54, 1.807) is 6.07 Å². The number of ether oxygens (including phenoxy) is 2. The summed E-state index contributed by atoms with van der Waals surface area (Å²) >= 11 is 5.75. The van der Waals surface area contributed by atoms with Crippen LogP contribution in [0.4, 0.5) is 5.69 Å². The summed E-state index contributed by atoms with van der Waals surface area (Å²) in [6, 6.07) is 5.39. The minimum Gasteiger partial charge on any atom is -0.454 e. The largest absolute Gasteiger partial charge is 0.454 e. The first-order chi connectivity index (χ1) is 13.8. The third-order valence-corrected chi connectivity index (χ3v) is 5.23. The molecule has 0 spiro atoms. The summed E-state index contributed by atoms with van der Waals surface area (Å²) in [4.78, 5) is 35.3. The molecule has 0 saturated carbocycles. The number of Topliss-reactive ketones (excluding diaryl/α,β-unsaturated/α-hetero) is 1. The number of benzene rings is 1. The van der Waals surface area contributed by atoms with Gasteiger partial charge >= 0.3 is 5.97 Å². The van der Waals surface area contributed by atoms with Gasteiger partial charge in [-0.3, -0.25) is 14.9 Å². The number of nitrogens with zero attached hydrogens (tertiary/aromatic N) is 2. The van der Waals surface area contributed by atoms with Crippen molar-refractivity contribution in [3.63, 3.8) is 0 Å². The van der Waals surface area contributed by atoms with Crippen molar-refractivity contribution >= 4 is 29.0 Å². The Labute approximate surface area is 172 Å². The molecule has 1 aliphatic rings. The van der Waals surface area contributed by atoms with Crippen LogP contribution in [0.25, 0.3) is 0 Å². The quantitative estimate of drug-likeness (QED) is 0.291. The molecule has 8 nitrogen and oxygen atoms in total. The van der Waals surface area contributed by atoms with Crippen LogP contribution in [0.5, 0.6) is 0 Å². The maximum Gasteiger partial charge on any atom is 0.345 e. The van der Waals surface area contributed by atoms with Crippen molar-refractivity contribution in [2.24, 2.45) is 0 Å². The molecule has 0 N–H and O–H groups in total. The van der Waals surface area contributed by atoms with E-state index < -0.39 is 23.2 Å². The van der Waals surface area contributed by atoms with E-state index in [0.29, 0.717) is 12.1 Å². The van der Waals surface area contributed by atoms with Gasteiger partial charge in [0.15, 0.2) is 6.61 Å². The summed E-state index contributed by atoms with van der Waals surface area (Å²) in [5.74, 6) is -1.32. The van der Waals surface area contributed by atoms with Crippen LogP contribution in [0.3, 0.4) is 0 Å². The highest BCUT2D eigenvalue weighted by Crippen LogP contribution is 2.24. The van der Waals surface area contributed by atoms with E-state index in [1.165, 1.54) is 12.1 Å². The summed E-state index contributed by atoms with van der Waals surface area (Å²) < 4.78 is 12.7. The lowest BCUT2D eigenvalue weighted by Gasteiger charge is -2.14. The smallest absolute Gasteiger partial charge is 0.345 e. The van der Waals surface area contributed by atoms with Crippen molar-refractivity contribution < 1.29 is 24.0 Å². The van der Waals surface area contributed by atoms with Gasteiger partial charge in [-0.15, -0.1) is 0 Å². The molecule has 0 amide bonds. The van der Waals surface area contributed by atoms with Crippen LogP contribution in [0.2, 0.25) is 5.02 Å². The highest BCUT2D eigenvalue weighted by Gasteiger charge is 2.24. The monoisotopic (exact) mass is 420 g/mol. The Hall–Kier alpha value is -2.71. The summed E-state index contributed by atoms with van der Waals surface area (Å²) in [6.45, 7) is 4.65. The SMILES string of the molecule is Cc1cc(C(=O)COC(=O)c2ccc(Cl)cc2[N+](=O)[O-])c(C)n1C[C@H]1CCCO1. The number of hydrogen-bond donors (Lipinski definition) is 0. The van der Waals surface area contributed by atoms with Crippen molar-refractivity contribution in [3.8, 4) is 0 Å². The molecule has 0 unspecified atom stereocenters. The normalized spacial score (nSPS) is 16.0. The van der Waals surface area contributed by atoms with Crippen LogP contribution in [0.1, 0.15) is 44.9 Å². The van der Waals surface area contributed by atoms with E-state index in [4.69, 9.17) is 21.1 Å². The van der Waals surface area contributed by atoms with Crippen LogP contribution >= 0.6 is 11.6 Å². The Morgan fingerprint density at radius 3 is 2.72 bits per heavy atom. The zero-order valence-corrected chi connectivity index (χ0v) is 16.9. The van der Waals surface area contributed by atoms with Crippen LogP contribution in [-0.2, 0) is 16.0 Å². The van der Waals surface area contributed by atoms with E-state index in [0.717, 1.165) is 36.9 Å². The molecule has 1 aromatic heterocycles. The average Bonchev–Trinajstić information content (AvgIpc) is 3.29. The van der Waals surface area contributed by atoms with Crippen LogP contribution < -0.4 is 0 Å². The Bertz CT molecular complexity index is 962. The van der Waals surface area contributed by atoms with E-state index in [1.807, 2.05) is 18.4 Å². The minimum atomic E-state index is -0.949. The van der Waals surface area contributed by atoms with E-state index in [9.17, 15) is 19.7 Å². The molecule has 9 heteroatoms. The van der Waals surface area contributed by atoms with Gasteiger partial charge in [-0.1, -0.05) is 11.6 Å². The second kappa shape index (κ2) is 8.75. The molecule has 0 aliphatic carbocycles. The zero-order chi connectivity index (χ0) is 21.1. The second-order valence-corrected chi connectivity index (χ2v) is 7.38. The van der Waals surface area contributed by atoms with Gasteiger partial charge in [0, 0.05) is 41.2 Å². The van der Waals surface area contributed by atoms with Crippen molar-refractivity contribution in [1.29, 1.82) is 0 Å². The van der Waals surface area contributed by atoms with Crippen molar-refractivity contribution in [2.45, 2.75) is 39.3 Å². The number of aryl methyl sites for hydroxylation is 1. The summed E-state index contributed by atoms with van der Waals surface area (Å²) in [5, 5.41) is 11.3. The van der Waals surface area contributed by atoms with Gasteiger partial charge in [0.2, 0.25) is 5.78 Å². The molecule has 0 bridgehead atoms. The maximum absolute atomic E-state index is 12.6. The average molecular weight is 421 g/mol. The Balaban J connectivity index is 1.70. The third-order valence-electron chi connectivity index (χ3n) is 4.99. The number of nitro benzene ring substituents is 1. The number of esters is 1. The van der Waals surface area contributed by atoms with Crippen LogP contribution in [0, 0.1) is 24.0 Å². The van der Waals surface area contributed by atoms with E-state index >= 15 is 0 Å². The molecule has 1 aliphatic heterocycles. The first-order valence-electron chi connectivity index (χ1n) is 9.20. The van der Waals surface area contributed by atoms with Crippen molar-refractivity contribution in [2.75, 3.05) is 13.2 Å². The fourth-order valence-corrected chi connectivity index (χ4v) is 3.64. The standard InChI is InChI=1S/C20H21ClN2O6/c1-12-8-17(13(2)22(12)10-15-4-3-7-28-15)19(24)11-29-20(25)16-6-5-14(21)9-18(16)23(26)27/h5-6,8-9,15H,3-4,7,10-11H2,1-2H3/t15-/m1/s1. The molecule has 2 aromatic rings. The Morgan fingerprint density at radius 2 is 2.07 bits per heavy atom. The minimum absolute atomic E-state index is 0.128. The Kier molecular flexibility index (Phi) is 6.34. The van der Waals surface area contributed by atoms with E-state index in [-0.39, 0.29) is 22.5 Å². The predicted molar refractivity (Wildman–Crippen MR) is 106 cm³/mol. The number of halogens is 1. The molecule has 1 saturated heterocycles. The molecule has 1 aromatic carbocycles. The first-order valence-corrected chi connectivity index (χ1v) is 9.58. The molecule has 0 radical (unpaired) electrons. The lowest BCUT2D eigenvalue weighted by molar-refractivity contribution is -0.385. The van der Waals surface area contributed by atoms with Crippen LogP contribution in [0.15, 0.2) is 24.3 Å². The van der Waals surface area contributed by atoms with Gasteiger partial charge in [0.1, 0.15) is 5.56 Å². The molecule has 1 atom stereocenters. The highest BCUT2D eigenvalue weighted by molar-refractivity contribution is 6.31. The fourth-order valence-electron chi connectivity index (χ4n) is 3.47. The molecular weight excluding hydrogens is 400 g/mol. The maximum atomic E-state index is 12.6. The molecule has 29 heavy (non-hydrogen) atoms. The highest BCUT2D eigenvalue weighted by atomic mass is 35.5. The zero-order valence-electron chi connectivity index (χ0n) is 16.1. The van der Waals surface area contributed by atoms with Gasteiger partial charge in [0.05, 0.1) is 11.0 Å². The van der Waals surface area contributed by atoms with Crippen molar-refractivity contribution in [3.05, 3.63) is 61.9 Å². The number of carbonyl (C=O) groups is 2. The van der Waals surface area contributed by atoms with Gasteiger partial charge in [-0.25, -0.2) is 4.79 Å². The van der Waals surface area contributed by atoms with E-state index in [2.05, 4.69) is 0 Å². The molecule has 3 rings (SSSR count). The fraction of sp³-hybridized carbons (Fsp3) is 0.400. The number of hydrogen-bond acceptors (Lipinski definition) is 6. The number of ketones is 1. The van der Waals surface area contributed by atoms with Gasteiger partial charge in [0.25, 0.3) is 5.69 Å². The number of aromatic nitrogens is 1. The first kappa shape index (κ1) is 21.0. The van der Waals surface area contributed by atoms with Crippen LogP contribution in [-0.4, -0.2) is 40.6 Å². The van der Waals surface area contributed by atoms with Gasteiger partial charge in [-0.2, -0.15) is 0 Å². The molecule has 154 valence electrons. The third kappa shape index (κ3) is 4.65. The topological polar surface area (TPSA) is 101 Å². The van der Waals surface area contributed by atoms with Gasteiger partial charge in [-0.05, 0) is 44.9 Å². The van der Waals surface area contributed by atoms with Gasteiger partial charge < -0.3 is 14.0 Å². The lowest BCUT2D eigenvalue weighted by atomic mass is 10.1. The molecule has 1 fully saturated rings. The molecular formula is C20H21ClN2O6. The lowest BCUT2D eigenvalue weighted by Crippen LogP contribution is -2.18. The van der Waals surface area contributed by atoms with Crippen molar-refractivity contribution in [1.82, 2.24) is 4.57 Å².